The van der Waals surface area contributed by atoms with Crippen LogP contribution in [0.2, 0.25) is 5.02 Å². The summed E-state index contributed by atoms with van der Waals surface area (Å²) < 4.78 is 7.15. The van der Waals surface area contributed by atoms with Crippen molar-refractivity contribution >= 4 is 67.8 Å². The van der Waals surface area contributed by atoms with Gasteiger partial charge in [0.25, 0.3) is 5.91 Å². The van der Waals surface area contributed by atoms with E-state index in [4.69, 9.17) is 21.3 Å². The van der Waals surface area contributed by atoms with E-state index in [-0.39, 0.29) is 5.91 Å². The van der Waals surface area contributed by atoms with Gasteiger partial charge in [0.15, 0.2) is 5.17 Å². The maximum absolute atomic E-state index is 13.7. The first kappa shape index (κ1) is 26.3. The Morgan fingerprint density at radius 1 is 0.921 bits per heavy atom. The summed E-state index contributed by atoms with van der Waals surface area (Å²) in [5.41, 5.74) is 5.58. The number of amides is 1. The molecule has 0 spiro atoms. The van der Waals surface area contributed by atoms with Crippen LogP contribution in [-0.2, 0) is 11.4 Å². The molecule has 0 N–H and O–H groups in total. The van der Waals surface area contributed by atoms with Gasteiger partial charge < -0.3 is 4.74 Å². The molecule has 1 aliphatic rings. The number of benzene rings is 4. The largest absolute Gasteiger partial charge is 0.488 e. The minimum atomic E-state index is -0.149. The van der Waals surface area contributed by atoms with Gasteiger partial charge in [-0.25, -0.2) is 4.99 Å². The fourth-order valence-electron chi connectivity index (χ4n) is 3.85. The fraction of sp³-hybridized carbons (Fsp3) is 0.0968. The van der Waals surface area contributed by atoms with Crippen LogP contribution in [0.25, 0.3) is 6.08 Å². The molecule has 0 aromatic heterocycles. The maximum atomic E-state index is 13.7. The van der Waals surface area contributed by atoms with E-state index in [9.17, 15) is 4.79 Å². The number of thioether (sulfide) groups is 1. The van der Waals surface area contributed by atoms with Crippen LogP contribution in [-0.4, -0.2) is 11.1 Å². The van der Waals surface area contributed by atoms with Crippen molar-refractivity contribution < 1.29 is 9.53 Å². The van der Waals surface area contributed by atoms with Crippen molar-refractivity contribution in [1.82, 2.24) is 0 Å². The predicted molar refractivity (Wildman–Crippen MR) is 162 cm³/mol. The van der Waals surface area contributed by atoms with Crippen molar-refractivity contribution in [2.24, 2.45) is 4.99 Å². The molecule has 1 aliphatic heterocycles. The van der Waals surface area contributed by atoms with Crippen LogP contribution < -0.4 is 9.64 Å². The predicted octanol–water partition coefficient (Wildman–Crippen LogP) is 9.11. The summed E-state index contributed by atoms with van der Waals surface area (Å²) in [7, 11) is 0. The van der Waals surface area contributed by atoms with Crippen LogP contribution in [0.3, 0.4) is 0 Å². The molecule has 0 atom stereocenters. The Labute approximate surface area is 240 Å². The molecule has 0 radical (unpaired) electrons. The van der Waals surface area contributed by atoms with E-state index in [1.807, 2.05) is 105 Å². The fourth-order valence-corrected chi connectivity index (χ4v) is 5.28. The minimum absolute atomic E-state index is 0.149. The Hall–Kier alpha value is -3.32. The number of halogens is 2. The summed E-state index contributed by atoms with van der Waals surface area (Å²) in [5.74, 6) is 0.493. The van der Waals surface area contributed by atoms with Crippen molar-refractivity contribution in [1.29, 1.82) is 0 Å². The second-order valence-electron chi connectivity index (χ2n) is 8.91. The van der Waals surface area contributed by atoms with E-state index in [1.54, 1.807) is 11.0 Å². The molecule has 0 unspecified atom stereocenters. The van der Waals surface area contributed by atoms with Gasteiger partial charge in [-0.2, -0.15) is 0 Å². The van der Waals surface area contributed by atoms with Crippen molar-refractivity contribution in [2.75, 3.05) is 4.90 Å². The summed E-state index contributed by atoms with van der Waals surface area (Å²) in [6.45, 7) is 4.44. The number of anilines is 1. The lowest BCUT2D eigenvalue weighted by Gasteiger charge is -2.16. The summed E-state index contributed by atoms with van der Waals surface area (Å²) >= 11 is 11.1. The third-order valence-corrected chi connectivity index (χ3v) is 7.66. The van der Waals surface area contributed by atoms with Gasteiger partial charge in [0.1, 0.15) is 12.4 Å². The minimum Gasteiger partial charge on any atom is -0.488 e. The molecule has 4 aromatic carbocycles. The van der Waals surface area contributed by atoms with Crippen LogP contribution in [0.15, 0.2) is 105 Å². The first-order valence-electron chi connectivity index (χ1n) is 12.0. The van der Waals surface area contributed by atoms with Gasteiger partial charge in [-0.15, -0.1) is 0 Å². The molecule has 1 fully saturated rings. The molecule has 7 heteroatoms. The monoisotopic (exact) mass is 602 g/mol. The van der Waals surface area contributed by atoms with Gasteiger partial charge >= 0.3 is 0 Å². The summed E-state index contributed by atoms with van der Waals surface area (Å²) in [4.78, 5) is 20.8. The van der Waals surface area contributed by atoms with E-state index in [1.165, 1.54) is 11.8 Å². The van der Waals surface area contributed by atoms with Crippen LogP contribution in [0.5, 0.6) is 5.75 Å². The van der Waals surface area contributed by atoms with E-state index in [2.05, 4.69) is 15.9 Å². The average Bonchev–Trinajstić information content (AvgIpc) is 3.20. The van der Waals surface area contributed by atoms with Crippen LogP contribution in [0.4, 0.5) is 11.4 Å². The zero-order valence-electron chi connectivity index (χ0n) is 20.8. The number of rotatable bonds is 6. The number of aliphatic imine (C=N–C) groups is 1. The quantitative estimate of drug-likeness (QED) is 0.206. The number of hydrogen-bond donors (Lipinski definition) is 0. The molecule has 0 saturated carbocycles. The molecular weight excluding hydrogens is 580 g/mol. The van der Waals surface area contributed by atoms with Gasteiger partial charge in [-0.05, 0) is 91.8 Å². The molecule has 4 aromatic rings. The zero-order chi connectivity index (χ0) is 26.6. The van der Waals surface area contributed by atoms with Crippen LogP contribution in [0, 0.1) is 13.8 Å². The van der Waals surface area contributed by atoms with Gasteiger partial charge in [0.05, 0.1) is 16.3 Å². The topological polar surface area (TPSA) is 41.9 Å². The second kappa shape index (κ2) is 11.6. The Bertz CT molecular complexity index is 1530. The lowest BCUT2D eigenvalue weighted by atomic mass is 10.1. The molecule has 0 aliphatic carbocycles. The Morgan fingerprint density at radius 2 is 1.58 bits per heavy atom. The first-order chi connectivity index (χ1) is 18.4. The number of carbonyl (C=O) groups excluding carboxylic acids is 1. The van der Waals surface area contributed by atoms with E-state index < -0.39 is 0 Å². The van der Waals surface area contributed by atoms with E-state index in [0.29, 0.717) is 27.5 Å². The molecule has 1 amide bonds. The Balaban J connectivity index is 1.50. The lowest BCUT2D eigenvalue weighted by Crippen LogP contribution is -2.28. The highest BCUT2D eigenvalue weighted by Gasteiger charge is 2.35. The first-order valence-corrected chi connectivity index (χ1v) is 14.0. The molecule has 5 rings (SSSR count). The van der Waals surface area contributed by atoms with Crippen molar-refractivity contribution in [2.45, 2.75) is 20.5 Å². The van der Waals surface area contributed by atoms with E-state index >= 15 is 0 Å². The third-order valence-electron chi connectivity index (χ3n) is 5.92. The lowest BCUT2D eigenvalue weighted by molar-refractivity contribution is -0.113. The Morgan fingerprint density at radius 3 is 2.26 bits per heavy atom. The van der Waals surface area contributed by atoms with Crippen molar-refractivity contribution in [3.05, 3.63) is 128 Å². The van der Waals surface area contributed by atoms with Gasteiger partial charge in [0.2, 0.25) is 0 Å². The summed E-state index contributed by atoms with van der Waals surface area (Å²) in [6.07, 6.45) is 1.83. The number of nitrogens with zero attached hydrogens (tertiary/aromatic N) is 2. The number of hydrogen-bond acceptors (Lipinski definition) is 4. The van der Waals surface area contributed by atoms with E-state index in [0.717, 1.165) is 38.1 Å². The summed E-state index contributed by atoms with van der Waals surface area (Å²) in [5, 5.41) is 1.15. The molecule has 0 bridgehead atoms. The van der Waals surface area contributed by atoms with Gasteiger partial charge in [-0.1, -0.05) is 75.1 Å². The molecule has 190 valence electrons. The van der Waals surface area contributed by atoms with Crippen molar-refractivity contribution in [3.63, 3.8) is 0 Å². The smallest absolute Gasteiger partial charge is 0.271 e. The molecule has 1 saturated heterocycles. The second-order valence-corrected chi connectivity index (χ2v) is 11.3. The van der Waals surface area contributed by atoms with Crippen LogP contribution >= 0.6 is 39.3 Å². The number of amidine groups is 1. The third kappa shape index (κ3) is 6.21. The van der Waals surface area contributed by atoms with Gasteiger partial charge in [0, 0.05) is 15.1 Å². The number of carbonyl (C=O) groups is 1. The normalized spacial score (nSPS) is 15.5. The summed E-state index contributed by atoms with van der Waals surface area (Å²) in [6, 6.07) is 29.2. The average molecular weight is 604 g/mol. The maximum Gasteiger partial charge on any atom is 0.271 e. The molecular formula is C31H24BrClN2O2S. The van der Waals surface area contributed by atoms with Crippen LogP contribution in [0.1, 0.15) is 22.3 Å². The number of ether oxygens (including phenoxy) is 1. The standard InChI is InChI=1S/C31H24BrClN2O2S/c1-20-3-12-26(13-4-20)34-31-35(27-14-5-21(2)6-15-27)30(36)29(38-31)18-23-17-25(33)11-16-28(23)37-19-22-7-9-24(32)10-8-22/h3-18H,19H2,1-2H3/b29-18-,34-31?. The molecule has 4 nitrogen and oxygen atoms in total. The highest BCUT2D eigenvalue weighted by atomic mass is 79.9. The SMILES string of the molecule is Cc1ccc(N=C2S/C(=C\c3cc(Cl)ccc3OCc3ccc(Br)cc3)C(=O)N2c2ccc(C)cc2)cc1. The Kier molecular flexibility index (Phi) is 8.03. The molecule has 38 heavy (non-hydrogen) atoms. The number of aryl methyl sites for hydroxylation is 2. The van der Waals surface area contributed by atoms with Gasteiger partial charge in [-0.3, -0.25) is 9.69 Å². The highest BCUT2D eigenvalue weighted by molar-refractivity contribution is 9.10. The molecule has 1 heterocycles. The zero-order valence-corrected chi connectivity index (χ0v) is 24.0. The highest BCUT2D eigenvalue weighted by Crippen LogP contribution is 2.39. The van der Waals surface area contributed by atoms with Crippen molar-refractivity contribution in [3.8, 4) is 5.75 Å².